The number of nitrogens with two attached hydrogens (primary N) is 1. The summed E-state index contributed by atoms with van der Waals surface area (Å²) in [6, 6.07) is 9.02. The number of piperidine rings is 1. The van der Waals surface area contributed by atoms with Gasteiger partial charge >= 0.3 is 0 Å². The molecule has 1 aliphatic heterocycles. The summed E-state index contributed by atoms with van der Waals surface area (Å²) in [7, 11) is 0. The van der Waals surface area contributed by atoms with E-state index in [0.29, 0.717) is 12.8 Å². The van der Waals surface area contributed by atoms with E-state index in [-0.39, 0.29) is 12.6 Å². The molecule has 0 saturated carbocycles. The minimum absolute atomic E-state index is 0.0875. The molecule has 2 N–H and O–H groups in total. The average Bonchev–Trinajstić information content (AvgIpc) is 2.33. The molecule has 1 fully saturated rings. The Kier molecular flexibility index (Phi) is 3.19. The molecule has 3 nitrogen and oxygen atoms in total. The first-order chi connectivity index (χ1) is 7.72. The highest BCUT2D eigenvalue weighted by Crippen LogP contribution is 2.30. The lowest BCUT2D eigenvalue weighted by molar-refractivity contribution is -0.123. The molecule has 1 saturated heterocycles. The SMILES string of the molecule is NC1CC(c2ccccc2)N(C=O)CC1F. The Hall–Kier alpha value is -1.42. The Morgan fingerprint density at radius 1 is 1.38 bits per heavy atom. The number of benzene rings is 1. The maximum absolute atomic E-state index is 13.4. The molecule has 1 aromatic rings. The highest BCUT2D eigenvalue weighted by atomic mass is 19.1. The van der Waals surface area contributed by atoms with Crippen molar-refractivity contribution >= 4 is 6.41 Å². The molecule has 0 aliphatic carbocycles. The molecule has 0 aromatic heterocycles. The van der Waals surface area contributed by atoms with Gasteiger partial charge in [-0.05, 0) is 12.0 Å². The monoisotopic (exact) mass is 222 g/mol. The molecule has 1 aliphatic rings. The van der Waals surface area contributed by atoms with E-state index in [1.54, 1.807) is 0 Å². The van der Waals surface area contributed by atoms with Gasteiger partial charge in [0.15, 0.2) is 0 Å². The average molecular weight is 222 g/mol. The summed E-state index contributed by atoms with van der Waals surface area (Å²) in [5.74, 6) is 0. The third-order valence-electron chi connectivity index (χ3n) is 3.07. The zero-order valence-electron chi connectivity index (χ0n) is 8.92. The smallest absolute Gasteiger partial charge is 0.210 e. The van der Waals surface area contributed by atoms with E-state index in [0.717, 1.165) is 5.56 Å². The Morgan fingerprint density at radius 3 is 2.69 bits per heavy atom. The Labute approximate surface area is 94.0 Å². The predicted octanol–water partition coefficient (Wildman–Crippen LogP) is 1.26. The number of hydrogen-bond donors (Lipinski definition) is 1. The molecule has 3 atom stereocenters. The molecule has 1 aromatic carbocycles. The van der Waals surface area contributed by atoms with Gasteiger partial charge in [-0.3, -0.25) is 4.79 Å². The highest BCUT2D eigenvalue weighted by Gasteiger charge is 2.33. The van der Waals surface area contributed by atoms with Crippen LogP contribution in [-0.2, 0) is 4.79 Å². The van der Waals surface area contributed by atoms with Gasteiger partial charge in [-0.1, -0.05) is 30.3 Å². The summed E-state index contributed by atoms with van der Waals surface area (Å²) >= 11 is 0. The number of likely N-dealkylation sites (tertiary alicyclic amines) is 1. The van der Waals surface area contributed by atoms with Crippen LogP contribution in [0, 0.1) is 0 Å². The number of nitrogens with zero attached hydrogens (tertiary/aromatic N) is 1. The second kappa shape index (κ2) is 4.61. The van der Waals surface area contributed by atoms with E-state index in [1.807, 2.05) is 30.3 Å². The van der Waals surface area contributed by atoms with E-state index in [2.05, 4.69) is 0 Å². The van der Waals surface area contributed by atoms with Crippen LogP contribution in [0.5, 0.6) is 0 Å². The molecule has 1 amide bonds. The van der Waals surface area contributed by atoms with Gasteiger partial charge in [0.1, 0.15) is 6.17 Å². The summed E-state index contributed by atoms with van der Waals surface area (Å²) in [6.07, 6.45) is 0.0604. The number of hydrogen-bond acceptors (Lipinski definition) is 2. The van der Waals surface area contributed by atoms with Gasteiger partial charge in [-0.15, -0.1) is 0 Å². The molecule has 0 spiro atoms. The van der Waals surface area contributed by atoms with Crippen molar-refractivity contribution in [2.24, 2.45) is 5.73 Å². The van der Waals surface area contributed by atoms with Gasteiger partial charge in [0.05, 0.1) is 12.6 Å². The number of halogens is 1. The van der Waals surface area contributed by atoms with Crippen LogP contribution in [0.2, 0.25) is 0 Å². The van der Waals surface area contributed by atoms with Crippen LogP contribution in [-0.4, -0.2) is 30.1 Å². The molecule has 3 unspecified atom stereocenters. The maximum Gasteiger partial charge on any atom is 0.210 e. The fraction of sp³-hybridized carbons (Fsp3) is 0.417. The Balaban J connectivity index is 2.22. The summed E-state index contributed by atoms with van der Waals surface area (Å²) in [4.78, 5) is 12.4. The zero-order valence-corrected chi connectivity index (χ0v) is 8.92. The van der Waals surface area contributed by atoms with E-state index in [1.165, 1.54) is 4.90 Å². The molecule has 16 heavy (non-hydrogen) atoms. The van der Waals surface area contributed by atoms with E-state index in [4.69, 9.17) is 5.73 Å². The second-order valence-corrected chi connectivity index (χ2v) is 4.14. The molecule has 4 heteroatoms. The van der Waals surface area contributed by atoms with Gasteiger partial charge in [-0.2, -0.15) is 0 Å². The van der Waals surface area contributed by atoms with Crippen LogP contribution >= 0.6 is 0 Å². The first-order valence-electron chi connectivity index (χ1n) is 5.38. The fourth-order valence-electron chi connectivity index (χ4n) is 2.12. The molecule has 86 valence electrons. The fourth-order valence-corrected chi connectivity index (χ4v) is 2.12. The molecule has 2 rings (SSSR count). The standard InChI is InChI=1S/C12H15FN2O/c13-10-7-15(8-16)12(6-11(10)14)9-4-2-1-3-5-9/h1-5,8,10-12H,6-7,14H2. The normalized spacial score (nSPS) is 30.1. The Morgan fingerprint density at radius 2 is 2.06 bits per heavy atom. The first-order valence-corrected chi connectivity index (χ1v) is 5.38. The molecule has 1 heterocycles. The van der Waals surface area contributed by atoms with Crippen LogP contribution in [0.25, 0.3) is 0 Å². The summed E-state index contributed by atoms with van der Waals surface area (Å²) < 4.78 is 13.4. The van der Waals surface area contributed by atoms with Crippen molar-refractivity contribution in [1.29, 1.82) is 0 Å². The number of amides is 1. The largest absolute Gasteiger partial charge is 0.335 e. The van der Waals surface area contributed by atoms with E-state index in [9.17, 15) is 9.18 Å². The lowest BCUT2D eigenvalue weighted by Gasteiger charge is -2.38. The van der Waals surface area contributed by atoms with Crippen molar-refractivity contribution < 1.29 is 9.18 Å². The number of rotatable bonds is 2. The minimum atomic E-state index is -1.12. The topological polar surface area (TPSA) is 46.3 Å². The Bertz CT molecular complexity index is 357. The van der Waals surface area contributed by atoms with Crippen molar-refractivity contribution in [3.8, 4) is 0 Å². The van der Waals surface area contributed by atoms with E-state index < -0.39 is 12.2 Å². The third-order valence-corrected chi connectivity index (χ3v) is 3.07. The third kappa shape index (κ3) is 2.07. The van der Waals surface area contributed by atoms with Crippen molar-refractivity contribution in [1.82, 2.24) is 4.90 Å². The van der Waals surface area contributed by atoms with Crippen LogP contribution in [0.1, 0.15) is 18.0 Å². The molecular weight excluding hydrogens is 207 g/mol. The van der Waals surface area contributed by atoms with Gasteiger partial charge in [-0.25, -0.2) is 4.39 Å². The van der Waals surface area contributed by atoms with Crippen LogP contribution < -0.4 is 5.73 Å². The second-order valence-electron chi connectivity index (χ2n) is 4.14. The van der Waals surface area contributed by atoms with Crippen molar-refractivity contribution in [2.75, 3.05) is 6.54 Å². The maximum atomic E-state index is 13.4. The van der Waals surface area contributed by atoms with Crippen LogP contribution in [0.3, 0.4) is 0 Å². The molecular formula is C12H15FN2O. The lowest BCUT2D eigenvalue weighted by atomic mass is 9.92. The summed E-state index contributed by atoms with van der Waals surface area (Å²) in [5, 5.41) is 0. The van der Waals surface area contributed by atoms with Crippen molar-refractivity contribution in [2.45, 2.75) is 24.7 Å². The lowest BCUT2D eigenvalue weighted by Crippen LogP contribution is -2.49. The van der Waals surface area contributed by atoms with Crippen LogP contribution in [0.15, 0.2) is 30.3 Å². The number of carbonyl (C=O) groups is 1. The van der Waals surface area contributed by atoms with Gasteiger partial charge in [0.2, 0.25) is 6.41 Å². The predicted molar refractivity (Wildman–Crippen MR) is 59.4 cm³/mol. The molecule has 0 radical (unpaired) electrons. The quantitative estimate of drug-likeness (QED) is 0.766. The van der Waals surface area contributed by atoms with E-state index >= 15 is 0 Å². The van der Waals surface area contributed by atoms with Crippen LogP contribution in [0.4, 0.5) is 4.39 Å². The summed E-state index contributed by atoms with van der Waals surface area (Å²) in [6.45, 7) is 0.0875. The first kappa shape index (κ1) is 11.1. The van der Waals surface area contributed by atoms with Gasteiger partial charge in [0, 0.05) is 6.04 Å². The molecule has 0 bridgehead atoms. The van der Waals surface area contributed by atoms with Crippen molar-refractivity contribution in [3.05, 3.63) is 35.9 Å². The zero-order chi connectivity index (χ0) is 11.5. The van der Waals surface area contributed by atoms with Gasteiger partial charge < -0.3 is 10.6 Å². The van der Waals surface area contributed by atoms with Crippen molar-refractivity contribution in [3.63, 3.8) is 0 Å². The summed E-state index contributed by atoms with van der Waals surface area (Å²) in [5.41, 5.74) is 6.72. The van der Waals surface area contributed by atoms with Gasteiger partial charge in [0.25, 0.3) is 0 Å². The number of carbonyl (C=O) groups excluding carboxylic acids is 1. The number of alkyl halides is 1. The highest BCUT2D eigenvalue weighted by molar-refractivity contribution is 5.49. The minimum Gasteiger partial charge on any atom is -0.335 e.